The van der Waals surface area contributed by atoms with Crippen LogP contribution in [-0.4, -0.2) is 5.78 Å². The standard InChI is InChI=1S/C23H19F3N2O/c24-23(25,26)18-8-6-17-7-9-21(22(29)20(17)14-18)28-12-10-19(11-13-28)27-15-16-4-2-1-3-5-16/h1-6,8,10-14,21H,7,9,15H2/p+1. The number of anilines is 1. The molecule has 1 N–H and O–H groups in total. The second-order valence-electron chi connectivity index (χ2n) is 7.16. The zero-order valence-electron chi connectivity index (χ0n) is 15.6. The van der Waals surface area contributed by atoms with E-state index in [1.54, 1.807) is 17.0 Å². The molecule has 148 valence electrons. The van der Waals surface area contributed by atoms with Crippen LogP contribution in [0.2, 0.25) is 0 Å². The van der Waals surface area contributed by atoms with Gasteiger partial charge in [-0.3, -0.25) is 4.79 Å². The number of benzene rings is 2. The lowest BCUT2D eigenvalue weighted by molar-refractivity contribution is -0.708. The summed E-state index contributed by atoms with van der Waals surface area (Å²) < 4.78 is 40.8. The molecule has 1 unspecified atom stereocenters. The largest absolute Gasteiger partial charge is 0.416 e. The molecule has 1 aromatic heterocycles. The minimum Gasteiger partial charge on any atom is -0.381 e. The van der Waals surface area contributed by atoms with Gasteiger partial charge in [-0.2, -0.15) is 17.7 Å². The average Bonchev–Trinajstić information content (AvgIpc) is 2.73. The van der Waals surface area contributed by atoms with Crippen LogP contribution in [0, 0.1) is 0 Å². The van der Waals surface area contributed by atoms with Crippen LogP contribution in [0.1, 0.15) is 39.5 Å². The Hall–Kier alpha value is -3.15. The predicted molar refractivity (Wildman–Crippen MR) is 104 cm³/mol. The Morgan fingerprint density at radius 1 is 1.00 bits per heavy atom. The van der Waals surface area contributed by atoms with Gasteiger partial charge in [0.2, 0.25) is 11.8 Å². The zero-order valence-corrected chi connectivity index (χ0v) is 15.6. The lowest BCUT2D eigenvalue weighted by atomic mass is 9.86. The summed E-state index contributed by atoms with van der Waals surface area (Å²) in [5.41, 5.74) is 2.14. The van der Waals surface area contributed by atoms with Crippen molar-refractivity contribution in [2.45, 2.75) is 31.6 Å². The zero-order chi connectivity index (χ0) is 20.4. The summed E-state index contributed by atoms with van der Waals surface area (Å²) in [6.45, 7) is 0.681. The van der Waals surface area contributed by atoms with Crippen molar-refractivity contribution >= 4 is 11.5 Å². The Bertz CT molecular complexity index is 1010. The quantitative estimate of drug-likeness (QED) is 0.630. The van der Waals surface area contributed by atoms with Crippen molar-refractivity contribution in [3.63, 3.8) is 0 Å². The second-order valence-corrected chi connectivity index (χ2v) is 7.16. The first-order chi connectivity index (χ1) is 13.9. The molecule has 2 aromatic carbocycles. The van der Waals surface area contributed by atoms with Gasteiger partial charge in [0.1, 0.15) is 0 Å². The Kier molecular flexibility index (Phi) is 5.09. The SMILES string of the molecule is O=C1c2cc(C(F)(F)F)ccc2CCC1[n+]1ccc(NCc2ccccc2)cc1. The van der Waals surface area contributed by atoms with E-state index in [-0.39, 0.29) is 11.3 Å². The van der Waals surface area contributed by atoms with Crippen LogP contribution >= 0.6 is 0 Å². The molecule has 4 rings (SSSR count). The molecule has 0 saturated carbocycles. The van der Waals surface area contributed by atoms with Crippen LogP contribution in [0.15, 0.2) is 73.1 Å². The minimum atomic E-state index is -4.46. The molecule has 0 spiro atoms. The summed E-state index contributed by atoms with van der Waals surface area (Å²) in [6, 6.07) is 16.7. The molecule has 29 heavy (non-hydrogen) atoms. The van der Waals surface area contributed by atoms with Crippen LogP contribution in [0.25, 0.3) is 0 Å². The molecule has 6 heteroatoms. The maximum atomic E-state index is 13.0. The molecule has 3 aromatic rings. The number of pyridine rings is 1. The lowest BCUT2D eigenvalue weighted by Crippen LogP contribution is -2.45. The van der Waals surface area contributed by atoms with Crippen molar-refractivity contribution in [2.75, 3.05) is 5.32 Å². The molecule has 0 amide bonds. The van der Waals surface area contributed by atoms with E-state index in [0.717, 1.165) is 23.4 Å². The summed E-state index contributed by atoms with van der Waals surface area (Å²) in [7, 11) is 0. The molecular weight excluding hydrogens is 377 g/mol. The maximum absolute atomic E-state index is 13.0. The maximum Gasteiger partial charge on any atom is 0.416 e. The highest BCUT2D eigenvalue weighted by molar-refractivity contribution is 6.00. The number of hydrogen-bond acceptors (Lipinski definition) is 2. The molecule has 1 aliphatic carbocycles. The molecule has 0 saturated heterocycles. The van der Waals surface area contributed by atoms with Crippen LogP contribution < -0.4 is 9.88 Å². The van der Waals surface area contributed by atoms with Gasteiger partial charge in [0.05, 0.1) is 5.56 Å². The number of halogens is 3. The fraction of sp³-hybridized carbons (Fsp3) is 0.217. The summed E-state index contributed by atoms with van der Waals surface area (Å²) in [4.78, 5) is 12.9. The number of hydrogen-bond donors (Lipinski definition) is 1. The van der Waals surface area contributed by atoms with E-state index >= 15 is 0 Å². The van der Waals surface area contributed by atoms with Gasteiger partial charge >= 0.3 is 6.18 Å². The number of alkyl halides is 3. The Morgan fingerprint density at radius 2 is 1.72 bits per heavy atom. The molecule has 0 bridgehead atoms. The fourth-order valence-corrected chi connectivity index (χ4v) is 3.65. The third-order valence-corrected chi connectivity index (χ3v) is 5.24. The van der Waals surface area contributed by atoms with E-state index < -0.39 is 17.8 Å². The van der Waals surface area contributed by atoms with Gasteiger partial charge in [-0.25, -0.2) is 0 Å². The van der Waals surface area contributed by atoms with E-state index in [1.807, 2.05) is 42.5 Å². The molecular formula is C23H20F3N2O+. The van der Waals surface area contributed by atoms with Crippen LogP contribution in [-0.2, 0) is 19.1 Å². The highest BCUT2D eigenvalue weighted by Crippen LogP contribution is 2.34. The van der Waals surface area contributed by atoms with Crippen molar-refractivity contribution in [1.82, 2.24) is 0 Å². The number of Topliss-reactive ketones (excluding diaryl/α,β-unsaturated/α-hetero) is 1. The van der Waals surface area contributed by atoms with Crippen LogP contribution in [0.4, 0.5) is 18.9 Å². The van der Waals surface area contributed by atoms with Crippen molar-refractivity contribution in [1.29, 1.82) is 0 Å². The molecule has 1 aliphatic rings. The molecule has 1 atom stereocenters. The summed E-state index contributed by atoms with van der Waals surface area (Å²) in [5.74, 6) is -0.271. The van der Waals surface area contributed by atoms with E-state index in [1.165, 1.54) is 6.07 Å². The Labute approximate surface area is 166 Å². The van der Waals surface area contributed by atoms with E-state index in [2.05, 4.69) is 5.32 Å². The molecule has 0 fully saturated rings. The summed E-state index contributed by atoms with van der Waals surface area (Å²) in [6.07, 6.45) is 0.286. The second kappa shape index (κ2) is 7.70. The highest BCUT2D eigenvalue weighted by Gasteiger charge is 2.37. The number of fused-ring (bicyclic) bond motifs is 1. The Morgan fingerprint density at radius 3 is 2.41 bits per heavy atom. The van der Waals surface area contributed by atoms with Crippen molar-refractivity contribution < 1.29 is 22.5 Å². The van der Waals surface area contributed by atoms with Crippen LogP contribution in [0.3, 0.4) is 0 Å². The summed E-state index contributed by atoms with van der Waals surface area (Å²) in [5, 5.41) is 3.32. The van der Waals surface area contributed by atoms with Gasteiger partial charge in [0.25, 0.3) is 0 Å². The van der Waals surface area contributed by atoms with Gasteiger partial charge in [0.15, 0.2) is 12.4 Å². The number of rotatable bonds is 4. The van der Waals surface area contributed by atoms with E-state index in [0.29, 0.717) is 24.9 Å². The summed E-state index contributed by atoms with van der Waals surface area (Å²) >= 11 is 0. The van der Waals surface area contributed by atoms with Gasteiger partial charge < -0.3 is 5.32 Å². The van der Waals surface area contributed by atoms with Gasteiger partial charge in [-0.15, -0.1) is 0 Å². The number of carbonyl (C=O) groups excluding carboxylic acids is 1. The number of aromatic nitrogens is 1. The molecule has 1 heterocycles. The van der Waals surface area contributed by atoms with Crippen molar-refractivity contribution in [3.8, 4) is 0 Å². The normalized spacial score (nSPS) is 16.4. The lowest BCUT2D eigenvalue weighted by Gasteiger charge is -2.21. The topological polar surface area (TPSA) is 33.0 Å². The van der Waals surface area contributed by atoms with Crippen molar-refractivity contribution in [3.05, 3.63) is 95.3 Å². The first-order valence-electron chi connectivity index (χ1n) is 9.45. The van der Waals surface area contributed by atoms with Gasteiger partial charge in [-0.1, -0.05) is 36.4 Å². The molecule has 0 radical (unpaired) electrons. The number of carbonyl (C=O) groups is 1. The van der Waals surface area contributed by atoms with E-state index in [4.69, 9.17) is 0 Å². The molecule has 3 nitrogen and oxygen atoms in total. The highest BCUT2D eigenvalue weighted by atomic mass is 19.4. The number of aryl methyl sites for hydroxylation is 1. The van der Waals surface area contributed by atoms with E-state index in [9.17, 15) is 18.0 Å². The monoisotopic (exact) mass is 397 g/mol. The number of nitrogens with zero attached hydrogens (tertiary/aromatic N) is 1. The van der Waals surface area contributed by atoms with Gasteiger partial charge in [0, 0.05) is 36.3 Å². The minimum absolute atomic E-state index is 0.176. The number of nitrogens with one attached hydrogen (secondary N) is 1. The Balaban J connectivity index is 1.50. The number of ketones is 1. The average molecular weight is 397 g/mol. The predicted octanol–water partition coefficient (Wildman–Crippen LogP) is 4.98. The third kappa shape index (κ3) is 4.16. The smallest absolute Gasteiger partial charge is 0.381 e. The third-order valence-electron chi connectivity index (χ3n) is 5.24. The van der Waals surface area contributed by atoms with Crippen LogP contribution in [0.5, 0.6) is 0 Å². The molecule has 0 aliphatic heterocycles. The van der Waals surface area contributed by atoms with Crippen molar-refractivity contribution in [2.24, 2.45) is 0 Å². The fourth-order valence-electron chi connectivity index (χ4n) is 3.65. The first-order valence-corrected chi connectivity index (χ1v) is 9.45. The first kappa shape index (κ1) is 19.2. The van der Waals surface area contributed by atoms with Gasteiger partial charge in [-0.05, 0) is 29.7 Å².